The topological polar surface area (TPSA) is 50.8 Å². The number of hydroxylamine groups is 1. The van der Waals surface area contributed by atoms with Crippen LogP contribution in [0.5, 0.6) is 0 Å². The van der Waals surface area contributed by atoms with E-state index in [0.717, 1.165) is 19.6 Å². The van der Waals surface area contributed by atoms with Crippen molar-refractivity contribution in [2.45, 2.75) is 18.6 Å². The van der Waals surface area contributed by atoms with E-state index in [2.05, 4.69) is 10.4 Å². The van der Waals surface area contributed by atoms with E-state index in [1.807, 2.05) is 6.92 Å². The maximum absolute atomic E-state index is 11.8. The Balaban J connectivity index is 1.87. The van der Waals surface area contributed by atoms with Crippen molar-refractivity contribution in [1.29, 1.82) is 0 Å². The SMILES string of the molecule is CCOC(=O)C12CN3CC(ON1)C2C3. The molecule has 3 rings (SSSR count). The maximum Gasteiger partial charge on any atom is 0.330 e. The number of esters is 1. The van der Waals surface area contributed by atoms with Gasteiger partial charge in [0.2, 0.25) is 0 Å². The number of ether oxygens (including phenoxy) is 1. The number of carbonyl (C=O) groups is 1. The average Bonchev–Trinajstić information content (AvgIpc) is 2.72. The van der Waals surface area contributed by atoms with Gasteiger partial charge in [0.05, 0.1) is 12.7 Å². The van der Waals surface area contributed by atoms with Crippen LogP contribution in [-0.2, 0) is 14.4 Å². The predicted molar refractivity (Wildman–Crippen MR) is 47.3 cm³/mol. The summed E-state index contributed by atoms with van der Waals surface area (Å²) in [6.07, 6.45) is 0.174. The van der Waals surface area contributed by atoms with E-state index in [-0.39, 0.29) is 18.0 Å². The van der Waals surface area contributed by atoms with Gasteiger partial charge in [-0.3, -0.25) is 9.74 Å². The van der Waals surface area contributed by atoms with Crippen LogP contribution >= 0.6 is 0 Å². The summed E-state index contributed by atoms with van der Waals surface area (Å²) in [6.45, 7) is 4.89. The molecule has 3 aliphatic rings. The number of hydrogen-bond donors (Lipinski definition) is 1. The van der Waals surface area contributed by atoms with E-state index < -0.39 is 5.54 Å². The lowest BCUT2D eigenvalue weighted by Crippen LogP contribution is -2.56. The number of carbonyl (C=O) groups excluding carboxylic acids is 1. The normalized spacial score (nSPS) is 48.5. The van der Waals surface area contributed by atoms with Gasteiger partial charge in [-0.25, -0.2) is 4.79 Å². The molecule has 3 fully saturated rings. The standard InChI is InChI=1S/C9H14N2O3/c1-2-13-8(12)9-5-11-3-6(9)7(4-11)14-10-9/h6-7,10H,2-5H2,1H3. The highest BCUT2D eigenvalue weighted by molar-refractivity contribution is 5.83. The number of piperidine rings is 1. The highest BCUT2D eigenvalue weighted by Crippen LogP contribution is 2.43. The molecule has 1 N–H and O–H groups in total. The van der Waals surface area contributed by atoms with Gasteiger partial charge in [-0.15, -0.1) is 0 Å². The van der Waals surface area contributed by atoms with Gasteiger partial charge < -0.3 is 4.74 Å². The highest BCUT2D eigenvalue weighted by atomic mass is 16.7. The van der Waals surface area contributed by atoms with Gasteiger partial charge in [-0.05, 0) is 6.92 Å². The Morgan fingerprint density at radius 3 is 3.29 bits per heavy atom. The Morgan fingerprint density at radius 2 is 2.57 bits per heavy atom. The van der Waals surface area contributed by atoms with Crippen LogP contribution in [0.4, 0.5) is 0 Å². The molecular weight excluding hydrogens is 184 g/mol. The van der Waals surface area contributed by atoms with Crippen LogP contribution in [0.2, 0.25) is 0 Å². The second-order valence-electron chi connectivity index (χ2n) is 4.25. The Kier molecular flexibility index (Phi) is 1.66. The number of fused-ring (bicyclic) bond motifs is 1. The minimum Gasteiger partial charge on any atom is -0.465 e. The zero-order valence-electron chi connectivity index (χ0n) is 8.16. The van der Waals surface area contributed by atoms with Crippen molar-refractivity contribution >= 4 is 5.97 Å². The van der Waals surface area contributed by atoms with Gasteiger partial charge >= 0.3 is 5.97 Å². The van der Waals surface area contributed by atoms with Crippen molar-refractivity contribution in [3.63, 3.8) is 0 Å². The quantitative estimate of drug-likeness (QED) is 0.585. The van der Waals surface area contributed by atoms with Crippen LogP contribution in [0.1, 0.15) is 6.92 Å². The predicted octanol–water partition coefficient (Wildman–Crippen LogP) is -0.863. The molecule has 3 heterocycles. The minimum atomic E-state index is -0.571. The van der Waals surface area contributed by atoms with Crippen molar-refractivity contribution in [1.82, 2.24) is 10.4 Å². The fourth-order valence-electron chi connectivity index (χ4n) is 2.85. The summed E-state index contributed by atoms with van der Waals surface area (Å²) in [7, 11) is 0. The first kappa shape index (κ1) is 8.64. The third-order valence-corrected chi connectivity index (χ3v) is 3.48. The number of rotatable bonds is 2. The Labute approximate surface area is 82.3 Å². The van der Waals surface area contributed by atoms with Crippen LogP contribution in [0, 0.1) is 5.92 Å². The lowest BCUT2D eigenvalue weighted by molar-refractivity contribution is -0.153. The molecular formula is C9H14N2O3. The molecule has 0 aliphatic carbocycles. The number of hydrogen-bond acceptors (Lipinski definition) is 5. The second-order valence-corrected chi connectivity index (χ2v) is 4.25. The first-order valence-electron chi connectivity index (χ1n) is 5.08. The summed E-state index contributed by atoms with van der Waals surface area (Å²) in [5, 5.41) is 0. The molecule has 0 aromatic carbocycles. The second kappa shape index (κ2) is 2.68. The first-order valence-corrected chi connectivity index (χ1v) is 5.08. The van der Waals surface area contributed by atoms with Crippen molar-refractivity contribution in [2.24, 2.45) is 5.92 Å². The summed E-state index contributed by atoms with van der Waals surface area (Å²) >= 11 is 0. The largest absolute Gasteiger partial charge is 0.465 e. The zero-order valence-corrected chi connectivity index (χ0v) is 8.16. The lowest BCUT2D eigenvalue weighted by atomic mass is 9.84. The molecule has 2 bridgehead atoms. The molecule has 4 atom stereocenters. The zero-order chi connectivity index (χ0) is 9.76. The maximum atomic E-state index is 11.8. The summed E-state index contributed by atoms with van der Waals surface area (Å²) in [5.41, 5.74) is 2.32. The van der Waals surface area contributed by atoms with Crippen LogP contribution in [0.25, 0.3) is 0 Å². The van der Waals surface area contributed by atoms with Crippen molar-refractivity contribution in [2.75, 3.05) is 26.2 Å². The van der Waals surface area contributed by atoms with Crippen molar-refractivity contribution in [3.05, 3.63) is 0 Å². The van der Waals surface area contributed by atoms with E-state index in [9.17, 15) is 4.79 Å². The van der Waals surface area contributed by atoms with Gasteiger partial charge in [0.15, 0.2) is 5.54 Å². The molecule has 0 aromatic rings. The molecule has 78 valence electrons. The summed E-state index contributed by atoms with van der Waals surface area (Å²) < 4.78 is 5.09. The van der Waals surface area contributed by atoms with E-state index in [1.165, 1.54) is 0 Å². The van der Waals surface area contributed by atoms with E-state index in [1.54, 1.807) is 0 Å². The van der Waals surface area contributed by atoms with Gasteiger partial charge in [0, 0.05) is 25.6 Å². The van der Waals surface area contributed by atoms with Gasteiger partial charge in [0.1, 0.15) is 0 Å². The summed E-state index contributed by atoms with van der Waals surface area (Å²) in [6, 6.07) is 0. The highest BCUT2D eigenvalue weighted by Gasteiger charge is 2.65. The lowest BCUT2D eigenvalue weighted by Gasteiger charge is -2.27. The van der Waals surface area contributed by atoms with Crippen LogP contribution in [-0.4, -0.2) is 48.8 Å². The molecule has 0 aromatic heterocycles. The van der Waals surface area contributed by atoms with E-state index in [0.29, 0.717) is 6.61 Å². The fraction of sp³-hybridized carbons (Fsp3) is 0.889. The molecule has 4 unspecified atom stereocenters. The fourth-order valence-corrected chi connectivity index (χ4v) is 2.85. The molecule has 0 spiro atoms. The molecule has 14 heavy (non-hydrogen) atoms. The number of nitrogens with one attached hydrogen (secondary N) is 1. The molecule has 3 saturated heterocycles. The minimum absolute atomic E-state index is 0.158. The molecule has 0 saturated carbocycles. The monoisotopic (exact) mass is 198 g/mol. The molecule has 5 heteroatoms. The third kappa shape index (κ3) is 0.872. The van der Waals surface area contributed by atoms with E-state index >= 15 is 0 Å². The molecule has 0 amide bonds. The van der Waals surface area contributed by atoms with Crippen molar-refractivity contribution < 1.29 is 14.4 Å². The van der Waals surface area contributed by atoms with Crippen molar-refractivity contribution in [3.8, 4) is 0 Å². The summed E-state index contributed by atoms with van der Waals surface area (Å²) in [5.74, 6) is 0.122. The Bertz CT molecular complexity index is 283. The van der Waals surface area contributed by atoms with Gasteiger partial charge in [-0.2, -0.15) is 5.48 Å². The Hall–Kier alpha value is -0.650. The first-order chi connectivity index (χ1) is 6.76. The summed E-state index contributed by atoms with van der Waals surface area (Å²) in [4.78, 5) is 19.5. The van der Waals surface area contributed by atoms with Crippen LogP contribution < -0.4 is 5.48 Å². The average molecular weight is 198 g/mol. The number of nitrogens with zero attached hydrogens (tertiary/aromatic N) is 1. The van der Waals surface area contributed by atoms with Crippen LogP contribution in [0.3, 0.4) is 0 Å². The smallest absolute Gasteiger partial charge is 0.330 e. The molecule has 0 radical (unpaired) electrons. The van der Waals surface area contributed by atoms with Gasteiger partial charge in [-0.1, -0.05) is 0 Å². The van der Waals surface area contributed by atoms with Crippen LogP contribution in [0.15, 0.2) is 0 Å². The van der Waals surface area contributed by atoms with Gasteiger partial charge in [0.25, 0.3) is 0 Å². The molecule has 3 aliphatic heterocycles. The molecule has 5 nitrogen and oxygen atoms in total. The van der Waals surface area contributed by atoms with E-state index in [4.69, 9.17) is 9.57 Å². The third-order valence-electron chi connectivity index (χ3n) is 3.48. The Morgan fingerprint density at radius 1 is 1.71 bits per heavy atom.